The van der Waals surface area contributed by atoms with Crippen LogP contribution in [0.3, 0.4) is 0 Å². The van der Waals surface area contributed by atoms with Gasteiger partial charge in [0, 0.05) is 22.3 Å². The van der Waals surface area contributed by atoms with Crippen LogP contribution in [0.1, 0.15) is 153 Å². The largest absolute Gasteiger partial charge is 0.493 e. The average molecular weight is 541 g/mol. The lowest BCUT2D eigenvalue weighted by Crippen LogP contribution is -2.03. The molecule has 0 aliphatic carbocycles. The van der Waals surface area contributed by atoms with E-state index in [4.69, 9.17) is 0 Å². The molecule has 0 N–H and O–H groups in total. The van der Waals surface area contributed by atoms with Gasteiger partial charge in [0.25, 0.3) is 0 Å². The van der Waals surface area contributed by atoms with Crippen molar-refractivity contribution in [3.05, 3.63) is 87.5 Å². The Morgan fingerprint density at radius 2 is 0.775 bits per heavy atom. The molecule has 2 nitrogen and oxygen atoms in total. The van der Waals surface area contributed by atoms with E-state index < -0.39 is 0 Å². The second kappa shape index (κ2) is 18.1. The van der Waals surface area contributed by atoms with E-state index in [1.54, 1.807) is 4.70 Å². The van der Waals surface area contributed by atoms with E-state index in [2.05, 4.69) is 76.2 Å². The molecule has 0 unspecified atom stereocenters. The lowest BCUT2D eigenvalue weighted by Gasteiger charge is -2.11. The summed E-state index contributed by atoms with van der Waals surface area (Å²) >= 11 is 0. The number of hydrogen-bond donors (Lipinski definition) is 0. The van der Waals surface area contributed by atoms with Crippen molar-refractivity contribution in [2.24, 2.45) is 0 Å². The summed E-state index contributed by atoms with van der Waals surface area (Å²) in [5, 5.41) is 0. The van der Waals surface area contributed by atoms with Gasteiger partial charge in [0.1, 0.15) is 0 Å². The van der Waals surface area contributed by atoms with E-state index in [0.29, 0.717) is 0 Å². The van der Waals surface area contributed by atoms with Crippen LogP contribution in [0.25, 0.3) is 16.9 Å². The van der Waals surface area contributed by atoms with Gasteiger partial charge in [0.2, 0.25) is 11.4 Å². The Bertz CT molecular complexity index is 1090. The molecular formula is C38H56N2. The zero-order chi connectivity index (χ0) is 28.6. The van der Waals surface area contributed by atoms with Gasteiger partial charge in [-0.25, -0.2) is 4.70 Å². The van der Waals surface area contributed by atoms with Crippen molar-refractivity contribution >= 4 is 11.4 Å². The van der Waals surface area contributed by atoms with Crippen molar-refractivity contribution in [3.63, 3.8) is 0 Å². The maximum absolute atomic E-state index is 11.9. The zero-order valence-corrected chi connectivity index (χ0v) is 26.2. The monoisotopic (exact) mass is 540 g/mol. The molecule has 2 heteroatoms. The first kappa shape index (κ1) is 32.0. The van der Waals surface area contributed by atoms with Crippen LogP contribution in [-0.4, -0.2) is 4.70 Å². The molecule has 0 atom stereocenters. The molecule has 0 bridgehead atoms. The van der Waals surface area contributed by atoms with Crippen molar-refractivity contribution in [1.82, 2.24) is 0 Å². The molecule has 3 rings (SSSR count). The van der Waals surface area contributed by atoms with Gasteiger partial charge >= 0.3 is 0 Å². The van der Waals surface area contributed by atoms with Crippen molar-refractivity contribution in [1.29, 1.82) is 0 Å². The first-order valence-corrected chi connectivity index (χ1v) is 16.8. The smallest absolute Gasteiger partial charge is 0.211 e. The predicted octanol–water partition coefficient (Wildman–Crippen LogP) is 12.3. The first-order valence-electron chi connectivity index (χ1n) is 16.8. The number of benzene rings is 2. The highest BCUT2D eigenvalue weighted by Gasteiger charge is 2.35. The van der Waals surface area contributed by atoms with Crippen LogP contribution >= 0.6 is 0 Å². The summed E-state index contributed by atoms with van der Waals surface area (Å²) in [5.74, 6) is 0. The maximum Gasteiger partial charge on any atom is 0.211 e. The third kappa shape index (κ3) is 9.28. The van der Waals surface area contributed by atoms with Crippen molar-refractivity contribution in [3.8, 4) is 0 Å². The third-order valence-corrected chi connectivity index (χ3v) is 8.51. The normalized spacial score (nSPS) is 13.7. The molecule has 2 aromatic carbocycles. The topological polar surface area (TPSA) is 25.3 Å². The van der Waals surface area contributed by atoms with Crippen LogP contribution in [0.5, 0.6) is 0 Å². The first-order chi connectivity index (χ1) is 19.6. The zero-order valence-electron chi connectivity index (χ0n) is 26.2. The predicted molar refractivity (Wildman–Crippen MR) is 174 cm³/mol. The molecule has 1 heterocycles. The van der Waals surface area contributed by atoms with Crippen molar-refractivity contribution < 1.29 is 4.70 Å². The highest BCUT2D eigenvalue weighted by atomic mass is 15.2. The lowest BCUT2D eigenvalue weighted by atomic mass is 9.91. The number of hydrogen-bond acceptors (Lipinski definition) is 0. The highest BCUT2D eigenvalue weighted by Crippen LogP contribution is 2.44. The van der Waals surface area contributed by atoms with Crippen LogP contribution < -0.4 is 0 Å². The molecular weight excluding hydrogens is 484 g/mol. The van der Waals surface area contributed by atoms with E-state index in [9.17, 15) is 5.53 Å². The van der Waals surface area contributed by atoms with Gasteiger partial charge in [-0.05, 0) is 86.8 Å². The van der Waals surface area contributed by atoms with E-state index in [1.807, 2.05) is 0 Å². The number of nitrogens with zero attached hydrogens (tertiary/aromatic N) is 2. The molecule has 0 spiro atoms. The molecule has 0 aromatic heterocycles. The Kier molecular flexibility index (Phi) is 14.5. The molecule has 0 amide bonds. The van der Waals surface area contributed by atoms with Crippen LogP contribution in [0.15, 0.2) is 59.7 Å². The van der Waals surface area contributed by atoms with Crippen LogP contribution in [-0.2, 0) is 12.8 Å². The van der Waals surface area contributed by atoms with Gasteiger partial charge in [-0.2, -0.15) is 0 Å². The standard InChI is InChI=1S/C38H56N2/c1-5-9-13-16-20-32-25-29-34(30-26-32)38-36(22-18-15-11-7-3)35(21-17-14-10-6-2)37(40(38)39)33-27-23-31(24-28-33)19-12-8-4/h23-30H,5-22H2,1-4H3. The number of unbranched alkanes of at least 4 members (excludes halogenated alkanes) is 10. The molecule has 0 fully saturated rings. The van der Waals surface area contributed by atoms with E-state index >= 15 is 0 Å². The number of allylic oxidation sites excluding steroid dienone is 2. The summed E-state index contributed by atoms with van der Waals surface area (Å²) in [4.78, 5) is 0. The Balaban J connectivity index is 1.96. The minimum Gasteiger partial charge on any atom is -0.493 e. The van der Waals surface area contributed by atoms with Gasteiger partial charge in [-0.1, -0.05) is 116 Å². The number of rotatable bonds is 20. The van der Waals surface area contributed by atoms with Gasteiger partial charge in [-0.3, -0.25) is 0 Å². The van der Waals surface area contributed by atoms with Crippen LogP contribution in [0, 0.1) is 0 Å². The van der Waals surface area contributed by atoms with Gasteiger partial charge in [-0.15, -0.1) is 0 Å². The second-order valence-electron chi connectivity index (χ2n) is 11.9. The summed E-state index contributed by atoms with van der Waals surface area (Å²) in [6.07, 6.45) is 21.8. The summed E-state index contributed by atoms with van der Waals surface area (Å²) < 4.78 is 1.56. The minimum atomic E-state index is 1.02. The summed E-state index contributed by atoms with van der Waals surface area (Å²) in [5.41, 5.74) is 21.8. The summed E-state index contributed by atoms with van der Waals surface area (Å²) in [6, 6.07) is 18.1. The highest BCUT2D eigenvalue weighted by molar-refractivity contribution is 5.82. The van der Waals surface area contributed by atoms with E-state index in [-0.39, 0.29) is 0 Å². The van der Waals surface area contributed by atoms with Crippen molar-refractivity contribution in [2.75, 3.05) is 0 Å². The van der Waals surface area contributed by atoms with E-state index in [1.165, 1.54) is 112 Å². The molecule has 0 saturated heterocycles. The average Bonchev–Trinajstić information content (AvgIpc) is 3.25. The van der Waals surface area contributed by atoms with E-state index in [0.717, 1.165) is 48.2 Å². The van der Waals surface area contributed by atoms with Gasteiger partial charge in [0.15, 0.2) is 0 Å². The van der Waals surface area contributed by atoms with Gasteiger partial charge < -0.3 is 5.53 Å². The Hall–Kier alpha value is -2.48. The fourth-order valence-corrected chi connectivity index (χ4v) is 6.04. The molecule has 218 valence electrons. The fraction of sp³-hybridized carbons (Fsp3) is 0.579. The molecule has 2 aromatic rings. The SMILES string of the molecule is CCCCCCC1=C(c2ccc(CCCC)cc2)[N+](=[N-])C(c2ccc(CCCCCC)cc2)=C1CCCCCC. The fourth-order valence-electron chi connectivity index (χ4n) is 6.04. The Morgan fingerprint density at radius 3 is 1.15 bits per heavy atom. The summed E-state index contributed by atoms with van der Waals surface area (Å²) in [6.45, 7) is 9.08. The lowest BCUT2D eigenvalue weighted by molar-refractivity contribution is -0.345. The molecule has 0 radical (unpaired) electrons. The molecule has 0 saturated carbocycles. The maximum atomic E-state index is 11.9. The number of aryl methyl sites for hydroxylation is 2. The van der Waals surface area contributed by atoms with Gasteiger partial charge in [0.05, 0.1) is 0 Å². The molecule has 40 heavy (non-hydrogen) atoms. The Labute approximate surface area is 246 Å². The molecule has 1 aliphatic heterocycles. The Morgan fingerprint density at radius 1 is 0.425 bits per heavy atom. The van der Waals surface area contributed by atoms with Crippen LogP contribution in [0.2, 0.25) is 0 Å². The van der Waals surface area contributed by atoms with Crippen LogP contribution in [0.4, 0.5) is 0 Å². The third-order valence-electron chi connectivity index (χ3n) is 8.51. The quantitative estimate of drug-likeness (QED) is 0.118. The summed E-state index contributed by atoms with van der Waals surface area (Å²) in [7, 11) is 0. The van der Waals surface area contributed by atoms with Crippen molar-refractivity contribution in [2.45, 2.75) is 143 Å². The second-order valence-corrected chi connectivity index (χ2v) is 11.9. The minimum absolute atomic E-state index is 1.02. The molecule has 1 aliphatic rings.